The van der Waals surface area contributed by atoms with Crippen LogP contribution in [0.4, 0.5) is 0 Å². The number of carboxylic acid groups (broad SMARTS) is 1. The largest absolute Gasteiger partial charge is 0.480 e. The number of nitrogens with zero attached hydrogens (tertiary/aromatic N) is 1. The van der Waals surface area contributed by atoms with E-state index >= 15 is 0 Å². The number of carbonyl (C=O) groups excluding carboxylic acids is 1. The molecule has 0 saturated carbocycles. The smallest absolute Gasteiger partial charge is 0.326 e. The van der Waals surface area contributed by atoms with Crippen molar-refractivity contribution in [3.05, 3.63) is 0 Å². The molecule has 2 saturated heterocycles. The molecule has 6 heteroatoms. The number of nitrogens with one attached hydrogen (secondary N) is 1. The maximum atomic E-state index is 12.1. The number of aliphatic hydroxyl groups is 1. The van der Waals surface area contributed by atoms with Crippen molar-refractivity contribution < 1.29 is 19.8 Å². The predicted molar refractivity (Wildman–Crippen MR) is 59.4 cm³/mol. The van der Waals surface area contributed by atoms with Gasteiger partial charge in [-0.2, -0.15) is 0 Å². The molecule has 0 aromatic carbocycles. The van der Waals surface area contributed by atoms with Gasteiger partial charge in [0.05, 0.1) is 12.1 Å². The molecule has 6 nitrogen and oxygen atoms in total. The third-order valence-electron chi connectivity index (χ3n) is 3.46. The van der Waals surface area contributed by atoms with Crippen molar-refractivity contribution in [2.75, 3.05) is 13.1 Å². The highest BCUT2D eigenvalue weighted by atomic mass is 16.4. The summed E-state index contributed by atoms with van der Waals surface area (Å²) in [5.74, 6) is -1.22. The van der Waals surface area contributed by atoms with Gasteiger partial charge in [0.25, 0.3) is 0 Å². The second-order valence-corrected chi connectivity index (χ2v) is 4.74. The van der Waals surface area contributed by atoms with Crippen LogP contribution in [0.15, 0.2) is 0 Å². The van der Waals surface area contributed by atoms with Crippen molar-refractivity contribution in [1.29, 1.82) is 0 Å². The Kier molecular flexibility index (Phi) is 3.63. The van der Waals surface area contributed by atoms with Gasteiger partial charge in [-0.1, -0.05) is 6.42 Å². The Bertz CT molecular complexity index is 315. The molecule has 0 aromatic rings. The number of carbonyl (C=O) groups is 2. The Morgan fingerprint density at radius 2 is 2.06 bits per heavy atom. The molecule has 0 aromatic heterocycles. The first kappa shape index (κ1) is 12.3. The summed E-state index contributed by atoms with van der Waals surface area (Å²) in [5.41, 5.74) is 0. The molecule has 3 atom stereocenters. The number of rotatable bonds is 2. The fourth-order valence-electron chi connectivity index (χ4n) is 2.55. The average molecular weight is 242 g/mol. The Morgan fingerprint density at radius 3 is 2.65 bits per heavy atom. The van der Waals surface area contributed by atoms with Gasteiger partial charge in [0.15, 0.2) is 0 Å². The molecular formula is C11H18N2O4. The van der Waals surface area contributed by atoms with Crippen LogP contribution in [0.1, 0.15) is 25.7 Å². The van der Waals surface area contributed by atoms with E-state index in [0.717, 1.165) is 25.8 Å². The number of hydrogen-bond donors (Lipinski definition) is 3. The highest BCUT2D eigenvalue weighted by Gasteiger charge is 2.41. The monoisotopic (exact) mass is 242 g/mol. The summed E-state index contributed by atoms with van der Waals surface area (Å²) in [4.78, 5) is 24.5. The van der Waals surface area contributed by atoms with E-state index in [0.29, 0.717) is 0 Å². The normalized spacial score (nSPS) is 33.7. The third-order valence-corrected chi connectivity index (χ3v) is 3.46. The number of carboxylic acids is 1. The van der Waals surface area contributed by atoms with E-state index in [4.69, 9.17) is 5.11 Å². The molecule has 96 valence electrons. The van der Waals surface area contributed by atoms with E-state index in [-0.39, 0.29) is 24.9 Å². The fraction of sp³-hybridized carbons (Fsp3) is 0.818. The van der Waals surface area contributed by atoms with Gasteiger partial charge in [0.2, 0.25) is 5.91 Å². The van der Waals surface area contributed by atoms with Crippen molar-refractivity contribution in [1.82, 2.24) is 10.2 Å². The zero-order valence-electron chi connectivity index (χ0n) is 9.63. The van der Waals surface area contributed by atoms with E-state index in [1.807, 2.05) is 0 Å². The second kappa shape index (κ2) is 5.01. The zero-order valence-corrected chi connectivity index (χ0v) is 9.63. The molecule has 2 fully saturated rings. The summed E-state index contributed by atoms with van der Waals surface area (Å²) in [5, 5.41) is 21.6. The lowest BCUT2D eigenvalue weighted by atomic mass is 10.0. The molecule has 0 unspecified atom stereocenters. The number of aliphatic hydroxyl groups excluding tert-OH is 1. The van der Waals surface area contributed by atoms with Gasteiger partial charge in [-0.3, -0.25) is 4.79 Å². The van der Waals surface area contributed by atoms with Gasteiger partial charge < -0.3 is 20.4 Å². The van der Waals surface area contributed by atoms with Crippen LogP contribution >= 0.6 is 0 Å². The van der Waals surface area contributed by atoms with E-state index in [2.05, 4.69) is 5.32 Å². The quantitative estimate of drug-likeness (QED) is 0.588. The first-order chi connectivity index (χ1) is 8.09. The Hall–Kier alpha value is -1.14. The first-order valence-corrected chi connectivity index (χ1v) is 6.04. The van der Waals surface area contributed by atoms with Crippen molar-refractivity contribution in [2.45, 2.75) is 43.9 Å². The predicted octanol–water partition coefficient (Wildman–Crippen LogP) is -0.825. The van der Waals surface area contributed by atoms with Crippen LogP contribution in [0.3, 0.4) is 0 Å². The molecule has 0 bridgehead atoms. The van der Waals surface area contributed by atoms with Crippen LogP contribution < -0.4 is 5.32 Å². The summed E-state index contributed by atoms with van der Waals surface area (Å²) in [6, 6.07) is -1.16. The molecule has 2 heterocycles. The molecule has 1 amide bonds. The topological polar surface area (TPSA) is 89.9 Å². The maximum Gasteiger partial charge on any atom is 0.326 e. The summed E-state index contributed by atoms with van der Waals surface area (Å²) in [7, 11) is 0. The molecule has 0 radical (unpaired) electrons. The highest BCUT2D eigenvalue weighted by Crippen LogP contribution is 2.21. The number of β-amino-alcohol motifs (C(OH)–C–C–N with tert-alkyl or cyclic N) is 1. The lowest BCUT2D eigenvalue weighted by molar-refractivity contribution is -0.149. The maximum absolute atomic E-state index is 12.1. The summed E-state index contributed by atoms with van der Waals surface area (Å²) in [6.07, 6.45) is 2.20. The summed E-state index contributed by atoms with van der Waals surface area (Å²) < 4.78 is 0. The zero-order chi connectivity index (χ0) is 12.4. The standard InChI is InChI=1S/C11H18N2O4/c14-7-5-9(11(16)17)13(6-7)10(15)8-3-1-2-4-12-8/h7-9,12,14H,1-6H2,(H,16,17)/t7-,8+,9-/m1/s1. The van der Waals surface area contributed by atoms with E-state index in [1.54, 1.807) is 0 Å². The molecule has 17 heavy (non-hydrogen) atoms. The minimum absolute atomic E-state index is 0.133. The van der Waals surface area contributed by atoms with Crippen molar-refractivity contribution in [3.63, 3.8) is 0 Å². The number of piperidine rings is 1. The average Bonchev–Trinajstić information content (AvgIpc) is 2.72. The van der Waals surface area contributed by atoms with Crippen molar-refractivity contribution in [3.8, 4) is 0 Å². The van der Waals surface area contributed by atoms with Crippen LogP contribution in [0.5, 0.6) is 0 Å². The number of amides is 1. The second-order valence-electron chi connectivity index (χ2n) is 4.74. The minimum atomic E-state index is -1.04. The summed E-state index contributed by atoms with van der Waals surface area (Å²) >= 11 is 0. The Balaban J connectivity index is 2.04. The lowest BCUT2D eigenvalue weighted by Gasteiger charge is -2.29. The third kappa shape index (κ3) is 2.58. The fourth-order valence-corrected chi connectivity index (χ4v) is 2.55. The molecule has 0 spiro atoms. The van der Waals surface area contributed by atoms with Crippen LogP contribution in [0.2, 0.25) is 0 Å². The summed E-state index contributed by atoms with van der Waals surface area (Å²) in [6.45, 7) is 0.929. The molecule has 2 aliphatic rings. The van der Waals surface area contributed by atoms with Gasteiger partial charge in [-0.25, -0.2) is 4.79 Å². The van der Waals surface area contributed by atoms with Gasteiger partial charge >= 0.3 is 5.97 Å². The molecular weight excluding hydrogens is 224 g/mol. The molecule has 0 aliphatic carbocycles. The number of hydrogen-bond acceptors (Lipinski definition) is 4. The van der Waals surface area contributed by atoms with E-state index in [9.17, 15) is 14.7 Å². The highest BCUT2D eigenvalue weighted by molar-refractivity contribution is 5.87. The van der Waals surface area contributed by atoms with Crippen molar-refractivity contribution >= 4 is 11.9 Å². The van der Waals surface area contributed by atoms with Crippen LogP contribution in [0.25, 0.3) is 0 Å². The molecule has 2 aliphatic heterocycles. The first-order valence-electron chi connectivity index (χ1n) is 6.04. The SMILES string of the molecule is O=C(O)[C@H]1C[C@@H](O)CN1C(=O)[C@@H]1CCCCN1. The minimum Gasteiger partial charge on any atom is -0.480 e. The van der Waals surface area contributed by atoms with E-state index < -0.39 is 18.1 Å². The Morgan fingerprint density at radius 1 is 1.29 bits per heavy atom. The number of likely N-dealkylation sites (tertiary alicyclic amines) is 1. The van der Waals surface area contributed by atoms with Gasteiger partial charge in [-0.05, 0) is 19.4 Å². The van der Waals surface area contributed by atoms with E-state index in [1.165, 1.54) is 4.90 Å². The number of aliphatic carboxylic acids is 1. The lowest BCUT2D eigenvalue weighted by Crippen LogP contribution is -2.51. The van der Waals surface area contributed by atoms with Gasteiger partial charge in [0.1, 0.15) is 6.04 Å². The van der Waals surface area contributed by atoms with Crippen LogP contribution in [-0.2, 0) is 9.59 Å². The van der Waals surface area contributed by atoms with Crippen LogP contribution in [-0.4, -0.2) is 58.3 Å². The van der Waals surface area contributed by atoms with Crippen LogP contribution in [0, 0.1) is 0 Å². The van der Waals surface area contributed by atoms with Gasteiger partial charge in [0, 0.05) is 13.0 Å². The molecule has 2 rings (SSSR count). The van der Waals surface area contributed by atoms with Crippen molar-refractivity contribution in [2.24, 2.45) is 0 Å². The van der Waals surface area contributed by atoms with Gasteiger partial charge in [-0.15, -0.1) is 0 Å². The Labute approximate surface area is 99.6 Å². The molecule has 3 N–H and O–H groups in total.